The lowest BCUT2D eigenvalue weighted by Crippen LogP contribution is -2.29. The zero-order chi connectivity index (χ0) is 31.0. The summed E-state index contributed by atoms with van der Waals surface area (Å²) in [5.41, 5.74) is 5.12. The molecular formula is C31H30ClN7O4S. The van der Waals surface area contributed by atoms with Gasteiger partial charge in [-0.3, -0.25) is 29.3 Å². The molecule has 226 valence electrons. The Balaban J connectivity index is 1.09. The van der Waals surface area contributed by atoms with Crippen molar-refractivity contribution in [1.82, 2.24) is 25.4 Å². The number of hydrogen-bond donors (Lipinski definition) is 3. The summed E-state index contributed by atoms with van der Waals surface area (Å²) in [4.78, 5) is 43.3. The largest absolute Gasteiger partial charge is 0.382 e. The number of carbonyl (C=O) groups is 3. The summed E-state index contributed by atoms with van der Waals surface area (Å²) >= 11 is 7.85. The molecule has 0 saturated heterocycles. The molecule has 0 bridgehead atoms. The van der Waals surface area contributed by atoms with E-state index in [1.165, 1.54) is 4.88 Å². The van der Waals surface area contributed by atoms with Gasteiger partial charge >= 0.3 is 0 Å². The van der Waals surface area contributed by atoms with Crippen molar-refractivity contribution in [3.63, 3.8) is 0 Å². The van der Waals surface area contributed by atoms with Gasteiger partial charge < -0.3 is 15.4 Å². The predicted molar refractivity (Wildman–Crippen MR) is 168 cm³/mol. The van der Waals surface area contributed by atoms with Gasteiger partial charge in [-0.05, 0) is 50.6 Å². The van der Waals surface area contributed by atoms with Crippen molar-refractivity contribution in [3.8, 4) is 5.00 Å². The molecule has 0 saturated carbocycles. The van der Waals surface area contributed by atoms with E-state index in [9.17, 15) is 14.4 Å². The Bertz CT molecular complexity index is 1810. The second-order valence-electron chi connectivity index (χ2n) is 10.5. The van der Waals surface area contributed by atoms with Gasteiger partial charge in [-0.25, -0.2) is 0 Å². The number of anilines is 1. The van der Waals surface area contributed by atoms with Gasteiger partial charge in [0.1, 0.15) is 16.9 Å². The molecule has 0 fully saturated rings. The monoisotopic (exact) mass is 631 g/mol. The minimum absolute atomic E-state index is 0.0870. The average molecular weight is 632 g/mol. The van der Waals surface area contributed by atoms with Crippen molar-refractivity contribution >= 4 is 52.1 Å². The van der Waals surface area contributed by atoms with Crippen molar-refractivity contribution in [2.24, 2.45) is 4.99 Å². The summed E-state index contributed by atoms with van der Waals surface area (Å²) in [6, 6.07) is 12.1. The van der Waals surface area contributed by atoms with Crippen LogP contribution in [0.4, 0.5) is 5.69 Å². The van der Waals surface area contributed by atoms with Crippen molar-refractivity contribution in [3.05, 3.63) is 91.8 Å². The van der Waals surface area contributed by atoms with Gasteiger partial charge in [0.05, 0.1) is 36.5 Å². The Kier molecular flexibility index (Phi) is 8.30. The quantitative estimate of drug-likeness (QED) is 0.175. The standard InChI is InChI=1S/C31H30ClN7O4S/c1-16-17(2)44-31-25(16)27(19-7-9-20(32)10-8-19)35-23(28-38-37-18(3)39(28)31)15-24(40)34-12-14-43-13-11-33-22-6-4-5-21-26(22)30(42)36-29(21)41/h4-10,23,33H,11-15H2,1-3H3,(H,34,40)(H,36,41,42)/t23-/m0/s1. The molecule has 2 aliphatic heterocycles. The normalized spacial score (nSPS) is 15.2. The van der Waals surface area contributed by atoms with Crippen LogP contribution >= 0.6 is 22.9 Å². The molecule has 1 atom stereocenters. The van der Waals surface area contributed by atoms with Crippen LogP contribution in [0.2, 0.25) is 5.02 Å². The summed E-state index contributed by atoms with van der Waals surface area (Å²) < 4.78 is 7.69. The van der Waals surface area contributed by atoms with E-state index >= 15 is 0 Å². The third kappa shape index (κ3) is 5.63. The molecule has 4 aromatic rings. The van der Waals surface area contributed by atoms with Crippen LogP contribution in [0.25, 0.3) is 5.00 Å². The number of aromatic nitrogens is 3. The molecule has 44 heavy (non-hydrogen) atoms. The predicted octanol–water partition coefficient (Wildman–Crippen LogP) is 4.32. The topological polar surface area (TPSA) is 140 Å². The van der Waals surface area contributed by atoms with Gasteiger partial charge in [0.15, 0.2) is 5.82 Å². The lowest BCUT2D eigenvalue weighted by atomic mass is 9.99. The summed E-state index contributed by atoms with van der Waals surface area (Å²) in [5.74, 6) is 0.360. The molecule has 3 N–H and O–H groups in total. The maximum absolute atomic E-state index is 13.1. The zero-order valence-corrected chi connectivity index (χ0v) is 25.9. The fraction of sp³-hybridized carbons (Fsp3) is 0.290. The number of halogens is 1. The van der Waals surface area contributed by atoms with E-state index in [2.05, 4.69) is 40.0 Å². The molecule has 0 unspecified atom stereocenters. The Morgan fingerprint density at radius 3 is 2.59 bits per heavy atom. The minimum Gasteiger partial charge on any atom is -0.382 e. The number of ether oxygens (including phenoxy) is 1. The van der Waals surface area contributed by atoms with Crippen molar-refractivity contribution in [2.45, 2.75) is 33.2 Å². The number of thiophene rings is 1. The number of nitrogens with one attached hydrogen (secondary N) is 3. The highest BCUT2D eigenvalue weighted by atomic mass is 35.5. The number of fused-ring (bicyclic) bond motifs is 4. The fourth-order valence-electron chi connectivity index (χ4n) is 5.37. The molecule has 0 spiro atoms. The number of benzene rings is 2. The van der Waals surface area contributed by atoms with E-state index in [-0.39, 0.29) is 12.3 Å². The highest BCUT2D eigenvalue weighted by Crippen LogP contribution is 2.39. The Morgan fingerprint density at radius 2 is 1.80 bits per heavy atom. The molecule has 2 aliphatic rings. The number of carbonyl (C=O) groups excluding carboxylic acids is 3. The second-order valence-corrected chi connectivity index (χ2v) is 12.1. The van der Waals surface area contributed by atoms with Crippen LogP contribution in [0.5, 0.6) is 0 Å². The first-order valence-corrected chi connectivity index (χ1v) is 15.4. The maximum Gasteiger partial charge on any atom is 0.261 e. The molecule has 11 nitrogen and oxygen atoms in total. The number of hydrogen-bond acceptors (Lipinski definition) is 9. The van der Waals surface area contributed by atoms with Crippen LogP contribution in [0.1, 0.15) is 66.4 Å². The number of aliphatic imine (C=N–C) groups is 1. The van der Waals surface area contributed by atoms with Gasteiger partial charge in [-0.15, -0.1) is 21.5 Å². The SMILES string of the molecule is Cc1sc2c(c1C)C(c1ccc(Cl)cc1)=N[C@@H](CC(=O)NCCOCCNc1cccc3c1C(=O)NC3=O)c1nnc(C)n1-2. The van der Waals surface area contributed by atoms with Crippen LogP contribution in [0.15, 0.2) is 47.5 Å². The molecule has 13 heteroatoms. The number of imide groups is 1. The highest BCUT2D eigenvalue weighted by Gasteiger charge is 2.32. The number of aryl methyl sites for hydroxylation is 2. The van der Waals surface area contributed by atoms with Crippen molar-refractivity contribution < 1.29 is 19.1 Å². The molecule has 2 aromatic carbocycles. The Hall–Kier alpha value is -4.39. The van der Waals surface area contributed by atoms with Gasteiger partial charge in [-0.2, -0.15) is 0 Å². The fourth-order valence-corrected chi connectivity index (χ4v) is 6.71. The van der Waals surface area contributed by atoms with Crippen LogP contribution in [0.3, 0.4) is 0 Å². The van der Waals surface area contributed by atoms with Gasteiger partial charge in [-0.1, -0.05) is 29.8 Å². The third-order valence-electron chi connectivity index (χ3n) is 7.63. The maximum atomic E-state index is 13.1. The first-order valence-electron chi connectivity index (χ1n) is 14.2. The molecular weight excluding hydrogens is 602 g/mol. The molecule has 3 amide bonds. The Labute approximate surface area is 262 Å². The van der Waals surface area contributed by atoms with Gasteiger partial charge in [0.2, 0.25) is 5.91 Å². The average Bonchev–Trinajstić information content (AvgIpc) is 3.59. The van der Waals surface area contributed by atoms with E-state index in [4.69, 9.17) is 21.3 Å². The van der Waals surface area contributed by atoms with E-state index in [0.717, 1.165) is 33.2 Å². The smallest absolute Gasteiger partial charge is 0.261 e. The first-order chi connectivity index (χ1) is 21.2. The van der Waals surface area contributed by atoms with Gasteiger partial charge in [0.25, 0.3) is 11.8 Å². The minimum atomic E-state index is -0.553. The van der Waals surface area contributed by atoms with Crippen LogP contribution < -0.4 is 16.0 Å². The van der Waals surface area contributed by atoms with E-state index in [1.54, 1.807) is 29.5 Å². The van der Waals surface area contributed by atoms with Crippen LogP contribution in [0, 0.1) is 20.8 Å². The molecule has 4 heterocycles. The second kappa shape index (κ2) is 12.3. The highest BCUT2D eigenvalue weighted by molar-refractivity contribution is 7.15. The van der Waals surface area contributed by atoms with Crippen molar-refractivity contribution in [2.75, 3.05) is 31.6 Å². The van der Waals surface area contributed by atoms with Crippen LogP contribution in [-0.4, -0.2) is 64.5 Å². The first kappa shape index (κ1) is 29.7. The number of amides is 3. The number of nitrogens with zero attached hydrogens (tertiary/aromatic N) is 4. The van der Waals surface area contributed by atoms with Gasteiger partial charge in [0, 0.05) is 39.8 Å². The number of rotatable bonds is 10. The summed E-state index contributed by atoms with van der Waals surface area (Å²) in [5, 5.41) is 18.8. The lowest BCUT2D eigenvalue weighted by Gasteiger charge is -2.13. The van der Waals surface area contributed by atoms with Crippen LogP contribution in [-0.2, 0) is 9.53 Å². The van der Waals surface area contributed by atoms with E-state index in [1.807, 2.05) is 35.8 Å². The summed E-state index contributed by atoms with van der Waals surface area (Å²) in [7, 11) is 0. The Morgan fingerprint density at radius 1 is 1.02 bits per heavy atom. The molecule has 0 radical (unpaired) electrons. The third-order valence-corrected chi connectivity index (χ3v) is 9.07. The molecule has 0 aliphatic carbocycles. The van der Waals surface area contributed by atoms with Crippen molar-refractivity contribution in [1.29, 1.82) is 0 Å². The summed E-state index contributed by atoms with van der Waals surface area (Å²) in [6.45, 7) is 7.46. The summed E-state index contributed by atoms with van der Waals surface area (Å²) in [6.07, 6.45) is 0.0870. The van der Waals surface area contributed by atoms with E-state index in [0.29, 0.717) is 54.0 Å². The van der Waals surface area contributed by atoms with E-state index < -0.39 is 17.9 Å². The molecule has 6 rings (SSSR count). The lowest BCUT2D eigenvalue weighted by molar-refractivity contribution is -0.121. The molecule has 2 aromatic heterocycles. The zero-order valence-electron chi connectivity index (χ0n) is 24.4.